The van der Waals surface area contributed by atoms with Gasteiger partial charge in [-0.05, 0) is 41.8 Å². The summed E-state index contributed by atoms with van der Waals surface area (Å²) in [4.78, 5) is 41.8. The summed E-state index contributed by atoms with van der Waals surface area (Å²) in [6.45, 7) is 2.11. The highest BCUT2D eigenvalue weighted by Gasteiger charge is 2.19. The highest BCUT2D eigenvalue weighted by molar-refractivity contribution is 5.98. The van der Waals surface area contributed by atoms with Crippen LogP contribution in [0.25, 0.3) is 5.65 Å². The Morgan fingerprint density at radius 3 is 2.58 bits per heavy atom. The zero-order chi connectivity index (χ0) is 25.2. The molecule has 0 radical (unpaired) electrons. The summed E-state index contributed by atoms with van der Waals surface area (Å²) in [5.41, 5.74) is 3.35. The molecule has 4 aromatic rings. The zero-order valence-electron chi connectivity index (χ0n) is 19.4. The van der Waals surface area contributed by atoms with Gasteiger partial charge in [0.2, 0.25) is 0 Å². The Labute approximate surface area is 205 Å². The first-order valence-electron chi connectivity index (χ1n) is 11.3. The van der Waals surface area contributed by atoms with Crippen molar-refractivity contribution in [3.05, 3.63) is 94.2 Å². The van der Waals surface area contributed by atoms with Crippen LogP contribution in [0.1, 0.15) is 43.2 Å². The molecular weight excluding hydrogens is 465 g/mol. The molecule has 0 unspecified atom stereocenters. The number of hydrogen-bond acceptors (Lipinski definition) is 6. The molecule has 5 rings (SSSR count). The van der Waals surface area contributed by atoms with Crippen LogP contribution in [-0.2, 0) is 24.3 Å². The average molecular weight is 487 g/mol. The summed E-state index contributed by atoms with van der Waals surface area (Å²) in [5, 5.41) is 9.72. The second kappa shape index (κ2) is 9.57. The van der Waals surface area contributed by atoms with Crippen LogP contribution in [0.3, 0.4) is 0 Å². The average Bonchev–Trinajstić information content (AvgIpc) is 3.35. The highest BCUT2D eigenvalue weighted by Crippen LogP contribution is 2.24. The van der Waals surface area contributed by atoms with Crippen molar-refractivity contribution in [3.63, 3.8) is 0 Å². The molecule has 3 heterocycles. The summed E-state index contributed by atoms with van der Waals surface area (Å²) < 4.78 is 20.3. The molecule has 10 heteroatoms. The number of ketones is 1. The van der Waals surface area contributed by atoms with Crippen molar-refractivity contribution in [2.24, 2.45) is 0 Å². The van der Waals surface area contributed by atoms with E-state index in [1.807, 2.05) is 12.1 Å². The van der Waals surface area contributed by atoms with E-state index in [0.717, 1.165) is 16.7 Å². The predicted molar refractivity (Wildman–Crippen MR) is 127 cm³/mol. The first-order chi connectivity index (χ1) is 17.4. The quantitative estimate of drug-likeness (QED) is 0.432. The molecule has 2 N–H and O–H groups in total. The Morgan fingerprint density at radius 1 is 1.03 bits per heavy atom. The van der Waals surface area contributed by atoms with Gasteiger partial charge in [-0.1, -0.05) is 18.2 Å². The molecule has 0 saturated heterocycles. The van der Waals surface area contributed by atoms with Gasteiger partial charge in [-0.2, -0.15) is 5.10 Å². The molecule has 0 fully saturated rings. The number of benzene rings is 2. The number of aryl methyl sites for hydroxylation is 1. The molecule has 0 bridgehead atoms. The monoisotopic (exact) mass is 487 g/mol. The highest BCUT2D eigenvalue weighted by atomic mass is 19.1. The lowest BCUT2D eigenvalue weighted by atomic mass is 10.0. The number of amides is 2. The number of halogens is 1. The number of fused-ring (bicyclic) bond motifs is 2. The van der Waals surface area contributed by atoms with Crippen molar-refractivity contribution in [2.45, 2.75) is 26.4 Å². The van der Waals surface area contributed by atoms with E-state index in [4.69, 9.17) is 4.74 Å². The van der Waals surface area contributed by atoms with Crippen LogP contribution in [0.4, 0.5) is 4.39 Å². The summed E-state index contributed by atoms with van der Waals surface area (Å²) in [6, 6.07) is 13.0. The number of carbonyl (C=O) groups excluding carboxylic acids is 3. The lowest BCUT2D eigenvalue weighted by Gasteiger charge is -2.17. The van der Waals surface area contributed by atoms with Gasteiger partial charge in [-0.25, -0.2) is 13.9 Å². The molecule has 0 aliphatic carbocycles. The van der Waals surface area contributed by atoms with Crippen LogP contribution in [0.15, 0.2) is 54.7 Å². The minimum absolute atomic E-state index is 0.00219. The Hall–Kier alpha value is -4.60. The first kappa shape index (κ1) is 23.2. The van der Waals surface area contributed by atoms with Crippen LogP contribution in [0, 0.1) is 12.7 Å². The number of aromatic nitrogens is 3. The molecule has 1 aliphatic heterocycles. The smallest absolute Gasteiger partial charge is 0.270 e. The van der Waals surface area contributed by atoms with Crippen molar-refractivity contribution in [1.82, 2.24) is 25.2 Å². The van der Waals surface area contributed by atoms with E-state index < -0.39 is 11.8 Å². The summed E-state index contributed by atoms with van der Waals surface area (Å²) in [5.74, 6) is -0.565. The Balaban J connectivity index is 1.31. The van der Waals surface area contributed by atoms with Crippen LogP contribution in [0.2, 0.25) is 0 Å². The molecule has 1 aliphatic rings. The fourth-order valence-electron chi connectivity index (χ4n) is 4.00. The van der Waals surface area contributed by atoms with Gasteiger partial charge in [0.1, 0.15) is 29.6 Å². The van der Waals surface area contributed by atoms with Crippen molar-refractivity contribution in [3.8, 4) is 5.75 Å². The molecule has 2 aromatic heterocycles. The van der Waals surface area contributed by atoms with Crippen molar-refractivity contribution >= 4 is 23.2 Å². The van der Waals surface area contributed by atoms with Crippen LogP contribution >= 0.6 is 0 Å². The number of rotatable bonds is 6. The Bertz CT molecular complexity index is 1510. The van der Waals surface area contributed by atoms with Crippen LogP contribution < -0.4 is 15.4 Å². The lowest BCUT2D eigenvalue weighted by molar-refractivity contribution is -0.121. The van der Waals surface area contributed by atoms with Crippen molar-refractivity contribution < 1.29 is 23.5 Å². The fourth-order valence-corrected chi connectivity index (χ4v) is 4.00. The molecule has 2 aromatic carbocycles. The van der Waals surface area contributed by atoms with E-state index in [1.54, 1.807) is 31.2 Å². The van der Waals surface area contributed by atoms with E-state index in [9.17, 15) is 18.8 Å². The molecule has 182 valence electrons. The maximum atomic E-state index is 13.5. The molecule has 36 heavy (non-hydrogen) atoms. The van der Waals surface area contributed by atoms with Gasteiger partial charge < -0.3 is 15.4 Å². The predicted octanol–water partition coefficient (Wildman–Crippen LogP) is 2.54. The molecular formula is C26H22FN5O4. The second-order valence-electron chi connectivity index (χ2n) is 8.52. The first-order valence-corrected chi connectivity index (χ1v) is 11.3. The normalized spacial score (nSPS) is 12.7. The molecule has 0 saturated carbocycles. The van der Waals surface area contributed by atoms with Gasteiger partial charge in [0.05, 0.1) is 6.20 Å². The van der Waals surface area contributed by atoms with Crippen molar-refractivity contribution in [2.75, 3.05) is 6.61 Å². The minimum atomic E-state index is -0.466. The molecule has 2 amide bonds. The molecule has 0 spiro atoms. The van der Waals surface area contributed by atoms with Gasteiger partial charge in [0, 0.05) is 37.2 Å². The zero-order valence-corrected chi connectivity index (χ0v) is 19.4. The maximum absolute atomic E-state index is 13.5. The second-order valence-corrected chi connectivity index (χ2v) is 8.52. The van der Waals surface area contributed by atoms with E-state index in [0.29, 0.717) is 23.4 Å². The van der Waals surface area contributed by atoms with E-state index in [2.05, 4.69) is 20.7 Å². The van der Waals surface area contributed by atoms with Crippen LogP contribution in [0.5, 0.6) is 5.75 Å². The van der Waals surface area contributed by atoms with Gasteiger partial charge >= 0.3 is 0 Å². The lowest BCUT2D eigenvalue weighted by Crippen LogP contribution is -2.28. The minimum Gasteiger partial charge on any atom is -0.486 e. The SMILES string of the molecule is Cc1cc(CNC(=O)c2cc(C(=O)NCc3ccc4c(c3)CC(=O)CO4)nc3ccnn23)ccc1F. The van der Waals surface area contributed by atoms with Gasteiger partial charge in [-0.3, -0.25) is 14.4 Å². The summed E-state index contributed by atoms with van der Waals surface area (Å²) in [7, 11) is 0. The third-order valence-electron chi connectivity index (χ3n) is 5.85. The molecule has 9 nitrogen and oxygen atoms in total. The molecule has 0 atom stereocenters. The largest absolute Gasteiger partial charge is 0.486 e. The third-order valence-corrected chi connectivity index (χ3v) is 5.85. The van der Waals surface area contributed by atoms with Gasteiger partial charge in [0.25, 0.3) is 11.8 Å². The van der Waals surface area contributed by atoms with Gasteiger partial charge in [-0.15, -0.1) is 0 Å². The summed E-state index contributed by atoms with van der Waals surface area (Å²) >= 11 is 0. The Morgan fingerprint density at radius 2 is 1.78 bits per heavy atom. The fraction of sp³-hybridized carbons (Fsp3) is 0.192. The Kier molecular flexibility index (Phi) is 6.16. The van der Waals surface area contributed by atoms with E-state index in [1.165, 1.54) is 22.8 Å². The third kappa shape index (κ3) is 4.78. The van der Waals surface area contributed by atoms with Crippen LogP contribution in [-0.4, -0.2) is 38.8 Å². The standard InChI is InChI=1S/C26H22FN5O4/c1-15-8-16(2-4-20(15)27)12-29-26(35)22-11-21(31-24-6-7-30-32(22)24)25(34)28-13-17-3-5-23-18(9-17)10-19(33)14-36-23/h2-9,11H,10,12-14H2,1H3,(H,28,34)(H,29,35). The number of nitrogens with one attached hydrogen (secondary N) is 2. The number of Topliss-reactive ketones (excluding diaryl/α,β-unsaturated/α-hetero) is 1. The maximum Gasteiger partial charge on any atom is 0.270 e. The van der Waals surface area contributed by atoms with Gasteiger partial charge in [0.15, 0.2) is 11.4 Å². The van der Waals surface area contributed by atoms with E-state index in [-0.39, 0.29) is 42.7 Å². The topological polar surface area (TPSA) is 115 Å². The number of ether oxygens (including phenoxy) is 1. The number of nitrogens with zero attached hydrogens (tertiary/aromatic N) is 3. The van der Waals surface area contributed by atoms with Crippen molar-refractivity contribution in [1.29, 1.82) is 0 Å². The summed E-state index contributed by atoms with van der Waals surface area (Å²) in [6.07, 6.45) is 1.78. The number of carbonyl (C=O) groups is 3. The number of hydrogen-bond donors (Lipinski definition) is 2. The van der Waals surface area contributed by atoms with E-state index >= 15 is 0 Å².